The van der Waals surface area contributed by atoms with Gasteiger partial charge in [-0.15, -0.1) is 11.3 Å². The first-order chi connectivity index (χ1) is 17.2. The molecule has 2 aromatic carbocycles. The van der Waals surface area contributed by atoms with Crippen molar-refractivity contribution in [2.75, 3.05) is 18.5 Å². The maximum Gasteiger partial charge on any atom is 0.338 e. The average Bonchev–Trinajstić information content (AvgIpc) is 3.60. The third-order valence-corrected chi connectivity index (χ3v) is 7.15. The number of ether oxygens (including phenoxy) is 4. The molecule has 0 aliphatic carbocycles. The first kappa shape index (κ1) is 22.2. The minimum atomic E-state index is -0.495. The monoisotopic (exact) mass is 509 g/mol. The van der Waals surface area contributed by atoms with Crippen LogP contribution >= 0.6 is 22.9 Å². The predicted molar refractivity (Wildman–Crippen MR) is 132 cm³/mol. The fourth-order valence-corrected chi connectivity index (χ4v) is 5.28. The summed E-state index contributed by atoms with van der Waals surface area (Å²) in [5.74, 6) is 0.837. The number of aromatic nitrogens is 2. The molecule has 4 atom stereocenters. The Morgan fingerprint density at radius 1 is 1.03 bits per heavy atom. The van der Waals surface area contributed by atoms with Crippen molar-refractivity contribution in [3.8, 4) is 5.75 Å². The molecule has 2 saturated heterocycles. The Labute approximate surface area is 209 Å². The van der Waals surface area contributed by atoms with Crippen LogP contribution in [0.5, 0.6) is 5.75 Å². The van der Waals surface area contributed by atoms with Gasteiger partial charge in [0.1, 0.15) is 24.3 Å². The minimum absolute atomic E-state index is 0.250. The summed E-state index contributed by atoms with van der Waals surface area (Å²) in [6, 6.07) is 16.3. The lowest BCUT2D eigenvalue weighted by atomic mass is 10.1. The standard InChI is InChI=1S/C25H20ClN3O5S/c26-16-10-15(29-24-23-17(8-9-35-23)27-13-28-24)6-7-18(16)33-19-11-31-22-20(12-32-21(19)22)34-25(30)14-4-2-1-3-5-14/h1-10,13,19-22H,11-12H2,(H,27,28,29)/t19-,20-,21+,22+/m0/s1. The number of hydrogen-bond acceptors (Lipinski definition) is 9. The third-order valence-electron chi connectivity index (χ3n) is 5.95. The van der Waals surface area contributed by atoms with Crippen molar-refractivity contribution < 1.29 is 23.7 Å². The maximum absolute atomic E-state index is 12.4. The van der Waals surface area contributed by atoms with E-state index >= 15 is 0 Å². The highest BCUT2D eigenvalue weighted by Crippen LogP contribution is 2.36. The summed E-state index contributed by atoms with van der Waals surface area (Å²) < 4.78 is 24.5. The summed E-state index contributed by atoms with van der Waals surface area (Å²) in [7, 11) is 0. The number of carbonyl (C=O) groups is 1. The molecule has 1 N–H and O–H groups in total. The van der Waals surface area contributed by atoms with Crippen molar-refractivity contribution in [1.82, 2.24) is 9.97 Å². The second-order valence-corrected chi connectivity index (χ2v) is 9.51. The van der Waals surface area contributed by atoms with E-state index < -0.39 is 18.2 Å². The molecule has 0 spiro atoms. The van der Waals surface area contributed by atoms with Gasteiger partial charge in [-0.3, -0.25) is 0 Å². The molecule has 6 rings (SSSR count). The number of thiophene rings is 1. The lowest BCUT2D eigenvalue weighted by Gasteiger charge is -2.19. The molecule has 0 radical (unpaired) electrons. The fourth-order valence-electron chi connectivity index (χ4n) is 4.26. The molecular formula is C25H20ClN3O5S. The largest absolute Gasteiger partial charge is 0.484 e. The first-order valence-electron chi connectivity index (χ1n) is 11.1. The van der Waals surface area contributed by atoms with Gasteiger partial charge in [-0.25, -0.2) is 14.8 Å². The molecule has 8 nitrogen and oxygen atoms in total. The number of rotatable bonds is 6. The molecule has 0 amide bonds. The van der Waals surface area contributed by atoms with Crippen molar-refractivity contribution in [2.45, 2.75) is 24.4 Å². The number of carbonyl (C=O) groups excluding carboxylic acids is 1. The van der Waals surface area contributed by atoms with E-state index in [4.69, 9.17) is 30.5 Å². The van der Waals surface area contributed by atoms with Gasteiger partial charge in [0.05, 0.1) is 34.0 Å². The average molecular weight is 510 g/mol. The second kappa shape index (κ2) is 9.43. The number of hydrogen-bond donors (Lipinski definition) is 1. The van der Waals surface area contributed by atoms with E-state index in [1.807, 2.05) is 23.6 Å². The maximum atomic E-state index is 12.4. The molecule has 4 aromatic rings. The van der Waals surface area contributed by atoms with Crippen molar-refractivity contribution >= 4 is 50.6 Å². The van der Waals surface area contributed by atoms with Crippen LogP contribution in [0.15, 0.2) is 66.3 Å². The first-order valence-corrected chi connectivity index (χ1v) is 12.3. The molecule has 0 unspecified atom stereocenters. The van der Waals surface area contributed by atoms with Gasteiger partial charge in [-0.1, -0.05) is 29.8 Å². The Hall–Kier alpha value is -3.24. The molecule has 0 bridgehead atoms. The van der Waals surface area contributed by atoms with E-state index in [1.165, 1.54) is 6.33 Å². The summed E-state index contributed by atoms with van der Waals surface area (Å²) in [6.45, 7) is 0.558. The van der Waals surface area contributed by atoms with Crippen LogP contribution in [0.3, 0.4) is 0 Å². The van der Waals surface area contributed by atoms with Crippen molar-refractivity contribution in [1.29, 1.82) is 0 Å². The molecule has 10 heteroatoms. The lowest BCUT2D eigenvalue weighted by Crippen LogP contribution is -2.36. The van der Waals surface area contributed by atoms with Gasteiger partial charge in [-0.2, -0.15) is 0 Å². The van der Waals surface area contributed by atoms with Gasteiger partial charge in [0.15, 0.2) is 18.0 Å². The van der Waals surface area contributed by atoms with Gasteiger partial charge < -0.3 is 24.3 Å². The van der Waals surface area contributed by atoms with E-state index in [0.717, 1.165) is 21.7 Å². The van der Waals surface area contributed by atoms with Crippen molar-refractivity contribution in [3.05, 3.63) is 76.9 Å². The van der Waals surface area contributed by atoms with E-state index in [9.17, 15) is 4.79 Å². The van der Waals surface area contributed by atoms with Crippen LogP contribution < -0.4 is 10.1 Å². The highest BCUT2D eigenvalue weighted by atomic mass is 35.5. The molecule has 2 aliphatic heterocycles. The topological polar surface area (TPSA) is 91.8 Å². The fraction of sp³-hybridized carbons (Fsp3) is 0.240. The van der Waals surface area contributed by atoms with E-state index in [-0.39, 0.29) is 18.8 Å². The van der Waals surface area contributed by atoms with Crippen LogP contribution in [-0.4, -0.2) is 53.6 Å². The summed E-state index contributed by atoms with van der Waals surface area (Å²) in [5, 5.41) is 5.71. The van der Waals surface area contributed by atoms with Crippen LogP contribution in [0.2, 0.25) is 5.02 Å². The second-order valence-electron chi connectivity index (χ2n) is 8.19. The Kier molecular flexibility index (Phi) is 5.99. The quantitative estimate of drug-likeness (QED) is 0.368. The Balaban J connectivity index is 1.10. The molecular weight excluding hydrogens is 490 g/mol. The van der Waals surface area contributed by atoms with Gasteiger partial charge in [0.2, 0.25) is 0 Å². The number of nitrogens with one attached hydrogen (secondary N) is 1. The number of benzene rings is 2. The van der Waals surface area contributed by atoms with Crippen LogP contribution in [0.25, 0.3) is 10.2 Å². The number of fused-ring (bicyclic) bond motifs is 2. The van der Waals surface area contributed by atoms with E-state index in [2.05, 4.69) is 15.3 Å². The van der Waals surface area contributed by atoms with Crippen molar-refractivity contribution in [2.24, 2.45) is 0 Å². The molecule has 178 valence electrons. The Morgan fingerprint density at radius 2 is 1.83 bits per heavy atom. The van der Waals surface area contributed by atoms with E-state index in [1.54, 1.807) is 47.7 Å². The highest BCUT2D eigenvalue weighted by Gasteiger charge is 2.50. The summed E-state index contributed by atoms with van der Waals surface area (Å²) in [6.07, 6.45) is -0.0857. The summed E-state index contributed by atoms with van der Waals surface area (Å²) in [4.78, 5) is 21.0. The van der Waals surface area contributed by atoms with Gasteiger partial charge in [0, 0.05) is 5.69 Å². The lowest BCUT2D eigenvalue weighted by molar-refractivity contribution is -0.0190. The predicted octanol–water partition coefficient (Wildman–Crippen LogP) is 4.86. The zero-order valence-corrected chi connectivity index (χ0v) is 19.9. The minimum Gasteiger partial charge on any atom is -0.484 e. The Morgan fingerprint density at radius 3 is 2.66 bits per heavy atom. The molecule has 35 heavy (non-hydrogen) atoms. The zero-order chi connectivity index (χ0) is 23.8. The smallest absolute Gasteiger partial charge is 0.338 e. The molecule has 2 aromatic heterocycles. The number of halogens is 1. The van der Waals surface area contributed by atoms with Crippen LogP contribution in [-0.2, 0) is 14.2 Å². The van der Waals surface area contributed by atoms with Crippen LogP contribution in [0.1, 0.15) is 10.4 Å². The van der Waals surface area contributed by atoms with Crippen molar-refractivity contribution in [3.63, 3.8) is 0 Å². The highest BCUT2D eigenvalue weighted by molar-refractivity contribution is 7.17. The van der Waals surface area contributed by atoms with Crippen LogP contribution in [0, 0.1) is 0 Å². The number of anilines is 2. The van der Waals surface area contributed by atoms with Gasteiger partial charge in [-0.05, 0) is 41.8 Å². The van der Waals surface area contributed by atoms with Gasteiger partial charge in [0.25, 0.3) is 0 Å². The third kappa shape index (κ3) is 4.43. The number of esters is 1. The molecule has 2 aliphatic rings. The number of nitrogens with zero attached hydrogens (tertiary/aromatic N) is 2. The molecule has 4 heterocycles. The van der Waals surface area contributed by atoms with Crippen LogP contribution in [0.4, 0.5) is 11.5 Å². The summed E-state index contributed by atoms with van der Waals surface area (Å²) in [5.41, 5.74) is 2.16. The molecule has 0 saturated carbocycles. The molecule has 2 fully saturated rings. The van der Waals surface area contributed by atoms with Gasteiger partial charge >= 0.3 is 5.97 Å². The van der Waals surface area contributed by atoms with E-state index in [0.29, 0.717) is 22.9 Å². The normalized spacial score (nSPS) is 23.2. The Bertz CT molecular complexity index is 1370. The summed E-state index contributed by atoms with van der Waals surface area (Å²) >= 11 is 8.10. The zero-order valence-electron chi connectivity index (χ0n) is 18.3. The SMILES string of the molecule is O=C(O[C@H]1CO[C@H]2[C@@H]1OC[C@@H]2Oc1ccc(Nc2ncnc3ccsc23)cc1Cl)c1ccccc1.